The van der Waals surface area contributed by atoms with Gasteiger partial charge in [0.15, 0.2) is 5.75 Å². The van der Waals surface area contributed by atoms with Gasteiger partial charge >= 0.3 is 7.12 Å². The standard InChI is InChI=1S/C19H25BClNO4/c1-10-13(20-25-18(3,4)19(5,6)26-20)9-12-16(15(10)21)24-14-7-8-22(11(14)2)17(12)23/h9,11,14H,7-8H2,1-6H3/t11-,14?/m1/s1. The first kappa shape index (κ1) is 18.1. The molecule has 2 atom stereocenters. The zero-order valence-corrected chi connectivity index (χ0v) is 16.9. The van der Waals surface area contributed by atoms with E-state index in [1.165, 1.54) is 0 Å². The Morgan fingerprint density at radius 3 is 2.46 bits per heavy atom. The van der Waals surface area contributed by atoms with Crippen molar-refractivity contribution >= 4 is 30.1 Å². The van der Waals surface area contributed by atoms with E-state index in [0.717, 1.165) is 17.4 Å². The fraction of sp³-hybridized carbons (Fsp3) is 0.632. The van der Waals surface area contributed by atoms with Crippen LogP contribution in [0.15, 0.2) is 6.07 Å². The predicted octanol–water partition coefficient (Wildman–Crippen LogP) is 2.94. The first-order chi connectivity index (χ1) is 12.0. The van der Waals surface area contributed by atoms with Gasteiger partial charge in [-0.3, -0.25) is 4.79 Å². The van der Waals surface area contributed by atoms with Gasteiger partial charge < -0.3 is 18.9 Å². The largest absolute Gasteiger partial charge is 0.495 e. The van der Waals surface area contributed by atoms with E-state index in [1.807, 2.05) is 52.5 Å². The summed E-state index contributed by atoms with van der Waals surface area (Å²) in [6.07, 6.45) is 0.820. The van der Waals surface area contributed by atoms with E-state index in [9.17, 15) is 4.79 Å². The van der Waals surface area contributed by atoms with E-state index in [2.05, 4.69) is 0 Å². The predicted molar refractivity (Wildman–Crippen MR) is 101 cm³/mol. The van der Waals surface area contributed by atoms with Crippen LogP contribution in [0.4, 0.5) is 0 Å². The molecule has 2 saturated heterocycles. The molecule has 1 aromatic rings. The lowest BCUT2D eigenvalue weighted by Crippen LogP contribution is -2.41. The number of benzene rings is 1. The maximum atomic E-state index is 13.1. The van der Waals surface area contributed by atoms with Crippen LogP contribution >= 0.6 is 11.6 Å². The minimum atomic E-state index is -0.566. The Balaban J connectivity index is 1.81. The summed E-state index contributed by atoms with van der Waals surface area (Å²) in [5.74, 6) is 0.459. The Morgan fingerprint density at radius 2 is 1.85 bits per heavy atom. The molecule has 4 rings (SSSR count). The number of carbonyl (C=O) groups is 1. The van der Waals surface area contributed by atoms with Crippen molar-refractivity contribution in [1.29, 1.82) is 0 Å². The van der Waals surface area contributed by atoms with Crippen LogP contribution in [-0.2, 0) is 9.31 Å². The summed E-state index contributed by atoms with van der Waals surface area (Å²) >= 11 is 6.65. The summed E-state index contributed by atoms with van der Waals surface area (Å²) in [4.78, 5) is 15.0. The Labute approximate surface area is 160 Å². The fourth-order valence-electron chi connectivity index (χ4n) is 3.90. The van der Waals surface area contributed by atoms with Gasteiger partial charge in [-0.05, 0) is 58.6 Å². The van der Waals surface area contributed by atoms with Crippen molar-refractivity contribution in [1.82, 2.24) is 4.90 Å². The van der Waals surface area contributed by atoms with Crippen LogP contribution in [0, 0.1) is 6.92 Å². The molecule has 140 valence electrons. The molecule has 0 radical (unpaired) electrons. The minimum absolute atomic E-state index is 0.0141. The van der Waals surface area contributed by atoms with Crippen LogP contribution in [0.1, 0.15) is 57.0 Å². The maximum Gasteiger partial charge on any atom is 0.495 e. The first-order valence-corrected chi connectivity index (χ1v) is 9.57. The van der Waals surface area contributed by atoms with Gasteiger partial charge in [-0.2, -0.15) is 0 Å². The molecule has 7 heteroatoms. The zero-order chi connectivity index (χ0) is 19.0. The molecule has 1 amide bonds. The molecule has 1 unspecified atom stereocenters. The summed E-state index contributed by atoms with van der Waals surface area (Å²) in [5.41, 5.74) is 1.20. The number of hydrogen-bond acceptors (Lipinski definition) is 4. The quantitative estimate of drug-likeness (QED) is 0.706. The third kappa shape index (κ3) is 2.42. The van der Waals surface area contributed by atoms with E-state index in [0.29, 0.717) is 22.9 Å². The second-order valence-electron chi connectivity index (χ2n) is 8.55. The molecule has 2 fully saturated rings. The second kappa shape index (κ2) is 5.63. The average molecular weight is 378 g/mol. The second-order valence-corrected chi connectivity index (χ2v) is 8.93. The number of ether oxygens (including phenoxy) is 1. The number of carbonyl (C=O) groups excluding carboxylic acids is 1. The van der Waals surface area contributed by atoms with Crippen molar-refractivity contribution in [3.05, 3.63) is 22.2 Å². The van der Waals surface area contributed by atoms with Crippen molar-refractivity contribution in [2.24, 2.45) is 0 Å². The smallest absolute Gasteiger partial charge is 0.486 e. The molecule has 3 aliphatic rings. The van der Waals surface area contributed by atoms with Gasteiger partial charge in [0.1, 0.15) is 6.10 Å². The molecular weight excluding hydrogens is 352 g/mol. The molecule has 1 aromatic carbocycles. The normalized spacial score (nSPS) is 28.8. The highest BCUT2D eigenvalue weighted by atomic mass is 35.5. The third-order valence-corrected chi connectivity index (χ3v) is 6.91. The lowest BCUT2D eigenvalue weighted by molar-refractivity contribution is 0.00578. The highest BCUT2D eigenvalue weighted by molar-refractivity contribution is 6.63. The molecule has 0 saturated carbocycles. The number of fused-ring (bicyclic) bond motifs is 3. The summed E-state index contributed by atoms with van der Waals surface area (Å²) in [7, 11) is -0.566. The highest BCUT2D eigenvalue weighted by Crippen LogP contribution is 2.41. The molecule has 3 heterocycles. The van der Waals surface area contributed by atoms with Crippen molar-refractivity contribution in [3.63, 3.8) is 0 Å². The summed E-state index contributed by atoms with van der Waals surface area (Å²) in [5, 5.41) is 0.474. The van der Waals surface area contributed by atoms with Gasteiger partial charge in [0.2, 0.25) is 0 Å². The number of rotatable bonds is 1. The van der Waals surface area contributed by atoms with Gasteiger partial charge in [0, 0.05) is 13.0 Å². The molecule has 5 nitrogen and oxygen atoms in total. The van der Waals surface area contributed by atoms with Crippen molar-refractivity contribution in [3.8, 4) is 5.75 Å². The van der Waals surface area contributed by atoms with Gasteiger partial charge in [-0.25, -0.2) is 0 Å². The average Bonchev–Trinajstić information content (AvgIpc) is 2.96. The van der Waals surface area contributed by atoms with Gasteiger partial charge in [-0.1, -0.05) is 11.6 Å². The monoisotopic (exact) mass is 377 g/mol. The van der Waals surface area contributed by atoms with Crippen LogP contribution in [0.2, 0.25) is 5.02 Å². The van der Waals surface area contributed by atoms with Crippen LogP contribution in [-0.4, -0.2) is 47.8 Å². The minimum Gasteiger partial charge on any atom is -0.486 e. The van der Waals surface area contributed by atoms with E-state index >= 15 is 0 Å². The first-order valence-electron chi connectivity index (χ1n) is 9.20. The van der Waals surface area contributed by atoms with Crippen LogP contribution < -0.4 is 10.2 Å². The number of nitrogens with zero attached hydrogens (tertiary/aromatic N) is 1. The molecule has 0 aliphatic carbocycles. The van der Waals surface area contributed by atoms with Gasteiger partial charge in [0.05, 0.1) is 27.8 Å². The van der Waals surface area contributed by atoms with Crippen LogP contribution in [0.25, 0.3) is 0 Å². The van der Waals surface area contributed by atoms with Crippen LogP contribution in [0.5, 0.6) is 5.75 Å². The van der Waals surface area contributed by atoms with Crippen molar-refractivity contribution < 1.29 is 18.8 Å². The number of hydrogen-bond donors (Lipinski definition) is 0. The van der Waals surface area contributed by atoms with E-state index in [-0.39, 0.29) is 18.1 Å². The van der Waals surface area contributed by atoms with Crippen molar-refractivity contribution in [2.45, 2.75) is 71.3 Å². The molecular formula is C19H25BClNO4. The van der Waals surface area contributed by atoms with Crippen molar-refractivity contribution in [2.75, 3.05) is 6.54 Å². The van der Waals surface area contributed by atoms with Crippen LogP contribution in [0.3, 0.4) is 0 Å². The Kier molecular flexibility index (Phi) is 3.93. The van der Waals surface area contributed by atoms with E-state index in [4.69, 9.17) is 25.6 Å². The zero-order valence-electron chi connectivity index (χ0n) is 16.2. The summed E-state index contributed by atoms with van der Waals surface area (Å²) in [6, 6.07) is 1.89. The SMILES string of the molecule is Cc1c(B2OC(C)(C)C(C)(C)O2)cc2c(c1Cl)OC1CCN(C2=O)[C@@H]1C. The summed E-state index contributed by atoms with van der Waals surface area (Å²) < 4.78 is 18.5. The lowest BCUT2D eigenvalue weighted by atomic mass is 9.75. The number of halogens is 1. The van der Waals surface area contributed by atoms with E-state index in [1.54, 1.807) is 0 Å². The molecule has 3 aliphatic heterocycles. The third-order valence-electron chi connectivity index (χ3n) is 6.46. The Morgan fingerprint density at radius 1 is 1.23 bits per heavy atom. The summed E-state index contributed by atoms with van der Waals surface area (Å²) in [6.45, 7) is 12.7. The number of amides is 1. The molecule has 2 bridgehead atoms. The topological polar surface area (TPSA) is 48.0 Å². The highest BCUT2D eigenvalue weighted by Gasteiger charge is 2.53. The Hall–Kier alpha value is -1.24. The van der Waals surface area contributed by atoms with Gasteiger partial charge in [-0.15, -0.1) is 0 Å². The molecule has 0 aromatic heterocycles. The maximum absolute atomic E-state index is 13.1. The molecule has 0 N–H and O–H groups in total. The molecule has 0 spiro atoms. The van der Waals surface area contributed by atoms with Gasteiger partial charge in [0.25, 0.3) is 5.91 Å². The molecule has 26 heavy (non-hydrogen) atoms. The Bertz CT molecular complexity index is 778. The lowest BCUT2D eigenvalue weighted by Gasteiger charge is -2.32. The fourth-order valence-corrected chi connectivity index (χ4v) is 4.15. The van der Waals surface area contributed by atoms with E-state index < -0.39 is 18.3 Å².